The van der Waals surface area contributed by atoms with E-state index in [1.807, 2.05) is 54.0 Å². The van der Waals surface area contributed by atoms with Crippen molar-refractivity contribution in [3.05, 3.63) is 54.6 Å². The van der Waals surface area contributed by atoms with Gasteiger partial charge in [0, 0.05) is 6.54 Å². The second-order valence-corrected chi connectivity index (χ2v) is 10.5. The van der Waals surface area contributed by atoms with Crippen LogP contribution in [0.4, 0.5) is 10.6 Å². The highest BCUT2D eigenvalue weighted by molar-refractivity contribution is 5.95. The first kappa shape index (κ1) is 25.4. The predicted octanol–water partition coefficient (Wildman–Crippen LogP) is 3.85. The highest BCUT2D eigenvalue weighted by Crippen LogP contribution is 2.49. The lowest BCUT2D eigenvalue weighted by molar-refractivity contribution is -0.138. The van der Waals surface area contributed by atoms with E-state index in [2.05, 4.69) is 25.6 Å². The van der Waals surface area contributed by atoms with Gasteiger partial charge in [0.15, 0.2) is 23.3 Å². The second kappa shape index (κ2) is 10.7. The Morgan fingerprint density at radius 1 is 1.08 bits per heavy atom. The molecule has 0 bridgehead atoms. The summed E-state index contributed by atoms with van der Waals surface area (Å²) >= 11 is 0. The molecule has 3 fully saturated rings. The quantitative estimate of drug-likeness (QED) is 0.377. The number of imidazole rings is 1. The molecule has 6 unspecified atom stereocenters. The molecular weight excluding hydrogens is 500 g/mol. The Labute approximate surface area is 225 Å². The van der Waals surface area contributed by atoms with Gasteiger partial charge in [0.2, 0.25) is 0 Å². The number of carbonyl (C=O) groups is 2. The molecule has 3 aliphatic rings. The minimum absolute atomic E-state index is 0.0817. The minimum Gasteiger partial charge on any atom is -0.481 e. The number of carboxylic acid groups (broad SMARTS) is 1. The summed E-state index contributed by atoms with van der Waals surface area (Å²) in [7, 11) is 0. The number of aliphatic carboxylic acids is 1. The molecule has 204 valence electrons. The van der Waals surface area contributed by atoms with Gasteiger partial charge in [-0.05, 0) is 56.1 Å². The van der Waals surface area contributed by atoms with Gasteiger partial charge >= 0.3 is 12.0 Å². The van der Waals surface area contributed by atoms with Crippen LogP contribution in [0.2, 0.25) is 0 Å². The van der Waals surface area contributed by atoms with Gasteiger partial charge in [-0.2, -0.15) is 0 Å². The van der Waals surface area contributed by atoms with Crippen molar-refractivity contribution in [3.8, 4) is 0 Å². The van der Waals surface area contributed by atoms with Crippen molar-refractivity contribution < 1.29 is 24.2 Å². The van der Waals surface area contributed by atoms with Crippen molar-refractivity contribution in [2.24, 2.45) is 17.8 Å². The zero-order valence-corrected chi connectivity index (χ0v) is 21.6. The Morgan fingerprint density at radius 2 is 1.87 bits per heavy atom. The van der Waals surface area contributed by atoms with Crippen LogP contribution in [-0.4, -0.2) is 61.7 Å². The third-order valence-corrected chi connectivity index (χ3v) is 7.97. The van der Waals surface area contributed by atoms with E-state index in [0.29, 0.717) is 23.5 Å². The number of hydrogen-bond donors (Lipinski definition) is 3. The third kappa shape index (κ3) is 5.24. The molecule has 6 rings (SSSR count). The first-order valence-corrected chi connectivity index (χ1v) is 13.5. The largest absolute Gasteiger partial charge is 0.481 e. The molecule has 3 heterocycles. The fourth-order valence-corrected chi connectivity index (χ4v) is 5.96. The maximum atomic E-state index is 12.1. The third-order valence-electron chi connectivity index (χ3n) is 7.97. The number of nitrogens with zero attached hydrogens (tertiary/aromatic N) is 4. The molecule has 3 N–H and O–H groups in total. The lowest BCUT2D eigenvalue weighted by atomic mass is 9.97. The number of carboxylic acids is 1. The highest BCUT2D eigenvalue weighted by Gasteiger charge is 2.52. The van der Waals surface area contributed by atoms with Gasteiger partial charge < -0.3 is 24.5 Å². The van der Waals surface area contributed by atoms with Crippen LogP contribution in [0, 0.1) is 17.8 Å². The molecular formula is C28H32N6O5. The van der Waals surface area contributed by atoms with E-state index in [1.165, 1.54) is 6.33 Å². The van der Waals surface area contributed by atoms with Crippen LogP contribution in [0.1, 0.15) is 44.2 Å². The molecule has 11 nitrogen and oxygen atoms in total. The van der Waals surface area contributed by atoms with E-state index in [4.69, 9.17) is 9.47 Å². The zero-order chi connectivity index (χ0) is 26.9. The van der Waals surface area contributed by atoms with E-state index in [-0.39, 0.29) is 42.0 Å². The van der Waals surface area contributed by atoms with Gasteiger partial charge in [0.05, 0.1) is 24.4 Å². The summed E-state index contributed by atoms with van der Waals surface area (Å²) in [5, 5.41) is 14.8. The van der Waals surface area contributed by atoms with Crippen LogP contribution in [-0.2, 0) is 14.3 Å². The van der Waals surface area contributed by atoms with Crippen LogP contribution in [0.3, 0.4) is 0 Å². The van der Waals surface area contributed by atoms with Crippen LogP contribution < -0.4 is 10.6 Å². The smallest absolute Gasteiger partial charge is 0.320 e. The van der Waals surface area contributed by atoms with Crippen LogP contribution in [0.15, 0.2) is 49.1 Å². The van der Waals surface area contributed by atoms with E-state index >= 15 is 0 Å². The number of nitrogens with one attached hydrogen (secondary N) is 2. The molecule has 1 aromatic carbocycles. The topological polar surface area (TPSA) is 140 Å². The first-order chi connectivity index (χ1) is 19.0. The number of rotatable bonds is 9. The average molecular weight is 533 g/mol. The van der Waals surface area contributed by atoms with E-state index in [0.717, 1.165) is 31.2 Å². The molecule has 11 heteroatoms. The Kier molecular flexibility index (Phi) is 7.01. The summed E-state index contributed by atoms with van der Waals surface area (Å²) in [6.07, 6.45) is 9.52. The highest BCUT2D eigenvalue weighted by atomic mass is 16.7. The Morgan fingerprint density at radius 3 is 2.64 bits per heavy atom. The van der Waals surface area contributed by atoms with E-state index < -0.39 is 12.3 Å². The maximum absolute atomic E-state index is 12.1. The summed E-state index contributed by atoms with van der Waals surface area (Å²) < 4.78 is 14.9. The standard InChI is InChI=1S/C28H32N6O5/c1-2-29-28(37)33-25-22-26(31-14-30-25)34(15-32-22)20-13-18(10-9-17-12-19(17)27(35)36)23-24(20)39-21(38-23)11-8-16-6-4-3-5-7-16/h3-8,11,14-15,17-21,23-24H,2,9-10,12-13H2,1H3,(H,35,36)(H2,29,30,31,33,37)/t17?,18?,19?,20?,21-,23?,24?/m0/s1. The van der Waals surface area contributed by atoms with Gasteiger partial charge in [-0.3, -0.25) is 10.1 Å². The lowest BCUT2D eigenvalue weighted by Gasteiger charge is -2.19. The van der Waals surface area contributed by atoms with Gasteiger partial charge in [0.1, 0.15) is 12.4 Å². The first-order valence-electron chi connectivity index (χ1n) is 13.5. The molecule has 3 aromatic rings. The fourth-order valence-electron chi connectivity index (χ4n) is 5.96. The lowest BCUT2D eigenvalue weighted by Crippen LogP contribution is -2.28. The molecule has 2 aliphatic carbocycles. The summed E-state index contributed by atoms with van der Waals surface area (Å²) in [5.41, 5.74) is 2.18. The maximum Gasteiger partial charge on any atom is 0.320 e. The molecule has 2 amide bonds. The molecule has 1 saturated heterocycles. The number of fused-ring (bicyclic) bond motifs is 2. The van der Waals surface area contributed by atoms with Crippen molar-refractivity contribution in [2.75, 3.05) is 11.9 Å². The van der Waals surface area contributed by atoms with Gasteiger partial charge in [-0.25, -0.2) is 19.7 Å². The Hall–Kier alpha value is -3.83. The normalized spacial score (nSPS) is 29.5. The number of benzene rings is 1. The summed E-state index contributed by atoms with van der Waals surface area (Å²) in [6.45, 7) is 2.33. The van der Waals surface area contributed by atoms with Crippen molar-refractivity contribution >= 4 is 35.1 Å². The summed E-state index contributed by atoms with van der Waals surface area (Å²) in [6, 6.07) is 9.56. The summed E-state index contributed by atoms with van der Waals surface area (Å²) in [5.74, 6) is -0.129. The number of amides is 2. The molecule has 0 radical (unpaired) electrons. The molecule has 1 aliphatic heterocycles. The van der Waals surface area contributed by atoms with Crippen molar-refractivity contribution in [1.29, 1.82) is 0 Å². The van der Waals surface area contributed by atoms with Crippen LogP contribution in [0.25, 0.3) is 17.2 Å². The zero-order valence-electron chi connectivity index (χ0n) is 21.6. The predicted molar refractivity (Wildman–Crippen MR) is 143 cm³/mol. The number of aromatic nitrogens is 4. The van der Waals surface area contributed by atoms with Crippen molar-refractivity contribution in [2.45, 2.75) is 57.1 Å². The van der Waals surface area contributed by atoms with Gasteiger partial charge in [-0.15, -0.1) is 0 Å². The molecule has 2 aromatic heterocycles. The second-order valence-electron chi connectivity index (χ2n) is 10.5. The molecule has 2 saturated carbocycles. The number of hydrogen-bond acceptors (Lipinski definition) is 7. The SMILES string of the molecule is CCNC(=O)Nc1ncnc2c1ncn2C1CC(CCC2CC2C(=O)O)C2O[C@H](C=Cc3ccccc3)OC21. The summed E-state index contributed by atoms with van der Waals surface area (Å²) in [4.78, 5) is 36.7. The number of urea groups is 1. The van der Waals surface area contributed by atoms with Crippen molar-refractivity contribution in [3.63, 3.8) is 0 Å². The average Bonchev–Trinajstić information content (AvgIpc) is 3.23. The minimum atomic E-state index is -0.699. The van der Waals surface area contributed by atoms with Gasteiger partial charge in [-0.1, -0.05) is 36.4 Å². The van der Waals surface area contributed by atoms with E-state index in [9.17, 15) is 14.7 Å². The van der Waals surface area contributed by atoms with Crippen LogP contribution in [0.5, 0.6) is 0 Å². The van der Waals surface area contributed by atoms with Gasteiger partial charge in [0.25, 0.3) is 0 Å². The number of anilines is 1. The number of carbonyl (C=O) groups excluding carboxylic acids is 1. The number of ether oxygens (including phenoxy) is 2. The van der Waals surface area contributed by atoms with Crippen molar-refractivity contribution in [1.82, 2.24) is 24.8 Å². The Balaban J connectivity index is 1.24. The fraction of sp³-hybridized carbons (Fsp3) is 0.464. The van der Waals surface area contributed by atoms with Crippen LogP contribution >= 0.6 is 0 Å². The molecule has 7 atom stereocenters. The molecule has 0 spiro atoms. The monoisotopic (exact) mass is 532 g/mol. The molecule has 39 heavy (non-hydrogen) atoms. The van der Waals surface area contributed by atoms with E-state index in [1.54, 1.807) is 6.33 Å². The Bertz CT molecular complexity index is 1380.